The van der Waals surface area contributed by atoms with Gasteiger partial charge < -0.3 is 5.32 Å². The van der Waals surface area contributed by atoms with Crippen LogP contribution < -0.4 is 10.0 Å². The van der Waals surface area contributed by atoms with E-state index in [0.717, 1.165) is 12.8 Å². The van der Waals surface area contributed by atoms with Gasteiger partial charge in [-0.3, -0.25) is 4.79 Å². The SMILES string of the molecule is O=C(CCCc1cccs1)Nc1ccc(S(=O)(=O)Nc2ncccn2)cc1. The fourth-order valence-electron chi connectivity index (χ4n) is 2.35. The molecule has 0 radical (unpaired) electrons. The van der Waals surface area contributed by atoms with Crippen molar-refractivity contribution in [3.63, 3.8) is 0 Å². The maximum atomic E-state index is 12.3. The molecule has 140 valence electrons. The van der Waals surface area contributed by atoms with Gasteiger partial charge in [-0.15, -0.1) is 11.3 Å². The Labute approximate surface area is 161 Å². The summed E-state index contributed by atoms with van der Waals surface area (Å²) in [5, 5.41) is 4.79. The Morgan fingerprint density at radius 3 is 2.44 bits per heavy atom. The fourth-order valence-corrected chi connectivity index (χ4v) is 4.06. The first-order chi connectivity index (χ1) is 13.0. The van der Waals surface area contributed by atoms with Crippen LogP contribution in [0.25, 0.3) is 0 Å². The van der Waals surface area contributed by atoms with E-state index >= 15 is 0 Å². The lowest BCUT2D eigenvalue weighted by molar-refractivity contribution is -0.116. The zero-order valence-electron chi connectivity index (χ0n) is 14.3. The Balaban J connectivity index is 1.54. The molecule has 1 aromatic carbocycles. The number of amides is 1. The van der Waals surface area contributed by atoms with Gasteiger partial charge in [-0.1, -0.05) is 6.07 Å². The third-order valence-corrected chi connectivity index (χ3v) is 5.93. The van der Waals surface area contributed by atoms with Crippen molar-refractivity contribution in [3.8, 4) is 0 Å². The number of thiophene rings is 1. The van der Waals surface area contributed by atoms with Crippen LogP contribution in [0.4, 0.5) is 11.6 Å². The van der Waals surface area contributed by atoms with Crippen molar-refractivity contribution < 1.29 is 13.2 Å². The van der Waals surface area contributed by atoms with E-state index in [-0.39, 0.29) is 16.8 Å². The lowest BCUT2D eigenvalue weighted by Crippen LogP contribution is -2.15. The highest BCUT2D eigenvalue weighted by Crippen LogP contribution is 2.17. The van der Waals surface area contributed by atoms with Crippen molar-refractivity contribution in [1.82, 2.24) is 9.97 Å². The van der Waals surface area contributed by atoms with Crippen LogP contribution in [0.3, 0.4) is 0 Å². The van der Waals surface area contributed by atoms with Gasteiger partial charge in [0.25, 0.3) is 10.0 Å². The van der Waals surface area contributed by atoms with Crippen LogP contribution in [0.5, 0.6) is 0 Å². The van der Waals surface area contributed by atoms with E-state index < -0.39 is 10.0 Å². The molecule has 0 bridgehead atoms. The number of nitrogens with one attached hydrogen (secondary N) is 2. The smallest absolute Gasteiger partial charge is 0.264 e. The number of aryl methyl sites for hydroxylation is 1. The van der Waals surface area contributed by atoms with Crippen molar-refractivity contribution >= 4 is 38.9 Å². The molecule has 2 aromatic heterocycles. The standard InChI is InChI=1S/C18H18N4O3S2/c23-17(6-1-4-15-5-2-13-26-15)21-14-7-9-16(10-8-14)27(24,25)22-18-19-11-3-12-20-18/h2-3,5,7-13H,1,4,6H2,(H,21,23)(H,19,20,22). The van der Waals surface area contributed by atoms with Gasteiger partial charge in [0.1, 0.15) is 0 Å². The summed E-state index contributed by atoms with van der Waals surface area (Å²) in [6, 6.07) is 11.6. The highest BCUT2D eigenvalue weighted by atomic mass is 32.2. The molecule has 0 aliphatic heterocycles. The number of carbonyl (C=O) groups is 1. The van der Waals surface area contributed by atoms with E-state index in [0.29, 0.717) is 12.1 Å². The summed E-state index contributed by atoms with van der Waals surface area (Å²) >= 11 is 1.68. The van der Waals surface area contributed by atoms with Crippen LogP contribution in [0, 0.1) is 0 Å². The first kappa shape index (κ1) is 19.0. The molecule has 3 aromatic rings. The normalized spacial score (nSPS) is 11.1. The molecule has 2 heterocycles. The van der Waals surface area contributed by atoms with Crippen molar-refractivity contribution in [2.24, 2.45) is 0 Å². The Hall–Kier alpha value is -2.78. The highest BCUT2D eigenvalue weighted by molar-refractivity contribution is 7.92. The summed E-state index contributed by atoms with van der Waals surface area (Å²) in [4.78, 5) is 21.0. The van der Waals surface area contributed by atoms with Gasteiger partial charge >= 0.3 is 0 Å². The molecule has 0 aliphatic carbocycles. The minimum Gasteiger partial charge on any atom is -0.326 e. The maximum absolute atomic E-state index is 12.3. The van der Waals surface area contributed by atoms with Gasteiger partial charge in [0.05, 0.1) is 4.90 Å². The zero-order chi connectivity index (χ0) is 19.1. The minimum absolute atomic E-state index is 0.000574. The first-order valence-electron chi connectivity index (χ1n) is 8.25. The molecule has 0 spiro atoms. The van der Waals surface area contributed by atoms with Crippen LogP contribution in [-0.2, 0) is 21.2 Å². The minimum atomic E-state index is -3.78. The third-order valence-electron chi connectivity index (χ3n) is 3.65. The third kappa shape index (κ3) is 5.60. The van der Waals surface area contributed by atoms with Crippen molar-refractivity contribution in [1.29, 1.82) is 0 Å². The highest BCUT2D eigenvalue weighted by Gasteiger charge is 2.15. The first-order valence-corrected chi connectivity index (χ1v) is 10.6. The lowest BCUT2D eigenvalue weighted by atomic mass is 10.2. The second kappa shape index (κ2) is 8.74. The van der Waals surface area contributed by atoms with Crippen molar-refractivity contribution in [3.05, 3.63) is 65.1 Å². The van der Waals surface area contributed by atoms with E-state index in [1.165, 1.54) is 29.4 Å². The predicted octanol–water partition coefficient (Wildman–Crippen LogP) is 3.30. The molecule has 27 heavy (non-hydrogen) atoms. The average molecular weight is 403 g/mol. The number of hydrogen-bond acceptors (Lipinski definition) is 6. The number of rotatable bonds is 8. The molecule has 3 rings (SSSR count). The van der Waals surface area contributed by atoms with Crippen LogP contribution in [-0.4, -0.2) is 24.3 Å². The molecule has 0 aliphatic rings. The summed E-state index contributed by atoms with van der Waals surface area (Å²) in [5.41, 5.74) is 0.547. The molecule has 0 unspecified atom stereocenters. The van der Waals surface area contributed by atoms with Gasteiger partial charge in [-0.25, -0.2) is 23.1 Å². The Kier molecular flexibility index (Phi) is 6.15. The monoisotopic (exact) mass is 402 g/mol. The number of sulfonamides is 1. The van der Waals surface area contributed by atoms with Gasteiger partial charge in [-0.2, -0.15) is 0 Å². The summed E-state index contributed by atoms with van der Waals surface area (Å²) in [7, 11) is -3.78. The molecule has 9 heteroatoms. The van der Waals surface area contributed by atoms with Crippen molar-refractivity contribution in [2.45, 2.75) is 24.2 Å². The van der Waals surface area contributed by atoms with E-state index in [2.05, 4.69) is 26.1 Å². The van der Waals surface area contributed by atoms with Crippen molar-refractivity contribution in [2.75, 3.05) is 10.0 Å². The van der Waals surface area contributed by atoms with Gasteiger partial charge in [0, 0.05) is 29.4 Å². The number of benzene rings is 1. The lowest BCUT2D eigenvalue weighted by Gasteiger charge is -2.08. The van der Waals surface area contributed by atoms with Crippen LogP contribution >= 0.6 is 11.3 Å². The second-order valence-electron chi connectivity index (χ2n) is 5.68. The molecular formula is C18H18N4O3S2. The number of nitrogens with zero attached hydrogens (tertiary/aromatic N) is 2. The Bertz CT molecular complexity index is 973. The molecule has 7 nitrogen and oxygen atoms in total. The molecular weight excluding hydrogens is 384 g/mol. The Morgan fingerprint density at radius 2 is 1.78 bits per heavy atom. The number of anilines is 2. The molecule has 1 amide bonds. The van der Waals surface area contributed by atoms with Crippen LogP contribution in [0.15, 0.2) is 65.1 Å². The topological polar surface area (TPSA) is 101 Å². The number of carbonyl (C=O) groups excluding carboxylic acids is 1. The molecule has 0 fully saturated rings. The quantitative estimate of drug-likeness (QED) is 0.602. The average Bonchev–Trinajstić information content (AvgIpc) is 3.16. The summed E-state index contributed by atoms with van der Waals surface area (Å²) < 4.78 is 26.9. The number of aromatic nitrogens is 2. The van der Waals surface area contributed by atoms with Gasteiger partial charge in [-0.05, 0) is 54.6 Å². The molecule has 0 saturated carbocycles. The van der Waals surface area contributed by atoms with Gasteiger partial charge in [0.15, 0.2) is 0 Å². The largest absolute Gasteiger partial charge is 0.326 e. The fraction of sp³-hybridized carbons (Fsp3) is 0.167. The van der Waals surface area contributed by atoms with E-state index in [9.17, 15) is 13.2 Å². The molecule has 0 atom stereocenters. The maximum Gasteiger partial charge on any atom is 0.264 e. The van der Waals surface area contributed by atoms with Crippen LogP contribution in [0.2, 0.25) is 0 Å². The predicted molar refractivity (Wildman–Crippen MR) is 105 cm³/mol. The van der Waals surface area contributed by atoms with E-state index in [4.69, 9.17) is 0 Å². The van der Waals surface area contributed by atoms with E-state index in [1.807, 2.05) is 11.4 Å². The second-order valence-corrected chi connectivity index (χ2v) is 8.40. The summed E-state index contributed by atoms with van der Waals surface area (Å²) in [5.74, 6) is -0.0985. The Morgan fingerprint density at radius 1 is 1.04 bits per heavy atom. The summed E-state index contributed by atoms with van der Waals surface area (Å²) in [6.07, 6.45) is 4.93. The van der Waals surface area contributed by atoms with E-state index in [1.54, 1.807) is 29.5 Å². The molecule has 2 N–H and O–H groups in total. The zero-order valence-corrected chi connectivity index (χ0v) is 16.0. The summed E-state index contributed by atoms with van der Waals surface area (Å²) in [6.45, 7) is 0. The number of hydrogen-bond donors (Lipinski definition) is 2. The van der Waals surface area contributed by atoms with Gasteiger partial charge in [0.2, 0.25) is 11.9 Å². The van der Waals surface area contributed by atoms with Crippen LogP contribution in [0.1, 0.15) is 17.7 Å². The molecule has 0 saturated heterocycles.